The number of non-ortho nitro benzene ring substituents is 1. The first-order chi connectivity index (χ1) is 19.2. The largest absolute Gasteiger partial charge is 0.322 e. The Bertz CT molecular complexity index is 1650. The number of nitrogens with one attached hydrogen (secondary N) is 3. The molecule has 0 atom stereocenters. The highest BCUT2D eigenvalue weighted by Gasteiger charge is 2.21. The van der Waals surface area contributed by atoms with Gasteiger partial charge >= 0.3 is 0 Å². The van der Waals surface area contributed by atoms with Gasteiger partial charge in [0.15, 0.2) is 0 Å². The van der Waals surface area contributed by atoms with Crippen molar-refractivity contribution in [1.29, 1.82) is 5.26 Å². The highest BCUT2D eigenvalue weighted by atomic mass is 32.2. The lowest BCUT2D eigenvalue weighted by molar-refractivity contribution is -0.384. The van der Waals surface area contributed by atoms with E-state index in [1.165, 1.54) is 36.0 Å². The average molecular weight is 572 g/mol. The second-order valence-corrected chi connectivity index (χ2v) is 10.4. The molecule has 0 spiro atoms. The maximum atomic E-state index is 12.8. The van der Waals surface area contributed by atoms with Crippen molar-refractivity contribution in [3.8, 4) is 6.07 Å². The van der Waals surface area contributed by atoms with Gasteiger partial charge in [0.1, 0.15) is 11.1 Å². The lowest BCUT2D eigenvalue weighted by atomic mass is 10.1. The maximum absolute atomic E-state index is 12.8. The van der Waals surface area contributed by atoms with Crippen LogP contribution in [-0.4, -0.2) is 28.4 Å². The number of carbonyl (C=O) groups excluding carboxylic acids is 3. The minimum Gasteiger partial charge on any atom is -0.322 e. The number of rotatable bonds is 9. The molecule has 0 saturated carbocycles. The number of para-hydroxylation sites is 1. The van der Waals surface area contributed by atoms with Crippen molar-refractivity contribution in [3.05, 3.63) is 111 Å². The van der Waals surface area contributed by atoms with Crippen molar-refractivity contribution >= 4 is 62.9 Å². The standard InChI is InChI=1S/C28H21N5O5S2/c1-17-23(15-29)28(40-25(17)27(36)30-19-8-3-2-4-9-19)32-24(34)16-39-22-12-6-10-20(14-22)31-26(35)18-7-5-11-21(13-18)33(37)38/h2-14H,16H2,1H3,(H,30,36)(H,31,35)(H,32,34). The average Bonchev–Trinajstić information content (AvgIpc) is 3.27. The molecule has 4 aromatic rings. The summed E-state index contributed by atoms with van der Waals surface area (Å²) in [6.45, 7) is 1.66. The van der Waals surface area contributed by atoms with Gasteiger partial charge in [-0.1, -0.05) is 30.3 Å². The molecule has 1 heterocycles. The Hall–Kier alpha value is -4.99. The van der Waals surface area contributed by atoms with Crippen LogP contribution in [0.3, 0.4) is 0 Å². The molecule has 0 aliphatic carbocycles. The summed E-state index contributed by atoms with van der Waals surface area (Å²) in [5.41, 5.74) is 1.74. The molecule has 0 radical (unpaired) electrons. The van der Waals surface area contributed by atoms with E-state index in [0.717, 1.165) is 11.3 Å². The molecule has 0 aliphatic rings. The topological polar surface area (TPSA) is 154 Å². The van der Waals surface area contributed by atoms with E-state index in [4.69, 9.17) is 0 Å². The fourth-order valence-electron chi connectivity index (χ4n) is 3.60. The van der Waals surface area contributed by atoms with Crippen LogP contribution in [0, 0.1) is 28.4 Å². The normalized spacial score (nSPS) is 10.3. The number of hydrogen-bond acceptors (Lipinski definition) is 8. The van der Waals surface area contributed by atoms with E-state index in [2.05, 4.69) is 22.0 Å². The summed E-state index contributed by atoms with van der Waals surface area (Å²) >= 11 is 2.25. The SMILES string of the molecule is Cc1c(C(=O)Nc2ccccc2)sc(NC(=O)CSc2cccc(NC(=O)c3cccc([N+](=O)[O-])c3)c2)c1C#N. The van der Waals surface area contributed by atoms with Gasteiger partial charge in [-0.15, -0.1) is 23.1 Å². The Labute approximate surface area is 237 Å². The first-order valence-electron chi connectivity index (χ1n) is 11.7. The molecule has 200 valence electrons. The Morgan fingerprint density at radius 3 is 2.35 bits per heavy atom. The Morgan fingerprint density at radius 1 is 0.925 bits per heavy atom. The number of anilines is 3. The summed E-state index contributed by atoms with van der Waals surface area (Å²) in [4.78, 5) is 49.5. The van der Waals surface area contributed by atoms with E-state index in [9.17, 15) is 29.8 Å². The number of nitriles is 1. The van der Waals surface area contributed by atoms with Crippen molar-refractivity contribution in [1.82, 2.24) is 0 Å². The summed E-state index contributed by atoms with van der Waals surface area (Å²) in [5, 5.41) is 29.1. The molecule has 4 rings (SSSR count). The zero-order chi connectivity index (χ0) is 28.6. The minimum absolute atomic E-state index is 0.00956. The van der Waals surface area contributed by atoms with Crippen LogP contribution in [0.2, 0.25) is 0 Å². The molecule has 0 saturated heterocycles. The molecule has 3 aromatic carbocycles. The minimum atomic E-state index is -0.573. The number of hydrogen-bond donors (Lipinski definition) is 3. The molecule has 40 heavy (non-hydrogen) atoms. The van der Waals surface area contributed by atoms with E-state index in [1.54, 1.807) is 55.5 Å². The van der Waals surface area contributed by atoms with E-state index in [-0.39, 0.29) is 34.4 Å². The van der Waals surface area contributed by atoms with Crippen LogP contribution in [0.5, 0.6) is 0 Å². The molecular weight excluding hydrogens is 550 g/mol. The molecule has 1 aromatic heterocycles. The van der Waals surface area contributed by atoms with Crippen molar-refractivity contribution in [2.24, 2.45) is 0 Å². The van der Waals surface area contributed by atoms with Crippen molar-refractivity contribution in [2.75, 3.05) is 21.7 Å². The number of thioether (sulfide) groups is 1. The fraction of sp³-hybridized carbons (Fsp3) is 0.0714. The number of amides is 3. The summed E-state index contributed by atoms with van der Waals surface area (Å²) in [5.74, 6) is -1.24. The van der Waals surface area contributed by atoms with Gasteiger partial charge in [0.25, 0.3) is 17.5 Å². The molecule has 0 bridgehead atoms. The van der Waals surface area contributed by atoms with Crippen LogP contribution in [0.4, 0.5) is 22.1 Å². The van der Waals surface area contributed by atoms with Gasteiger partial charge in [-0.2, -0.15) is 5.26 Å². The molecule has 3 N–H and O–H groups in total. The van der Waals surface area contributed by atoms with E-state index in [0.29, 0.717) is 31.7 Å². The fourth-order valence-corrected chi connectivity index (χ4v) is 5.43. The van der Waals surface area contributed by atoms with Gasteiger partial charge in [0.2, 0.25) is 5.91 Å². The predicted molar refractivity (Wildman–Crippen MR) is 155 cm³/mol. The molecule has 3 amide bonds. The third kappa shape index (κ3) is 6.90. The molecule has 0 aliphatic heterocycles. The number of nitro groups is 1. The lowest BCUT2D eigenvalue weighted by Gasteiger charge is -2.08. The molecule has 12 heteroatoms. The van der Waals surface area contributed by atoms with E-state index < -0.39 is 10.8 Å². The third-order valence-electron chi connectivity index (χ3n) is 5.53. The van der Waals surface area contributed by atoms with Gasteiger partial charge in [0.05, 0.1) is 21.1 Å². The number of carbonyl (C=O) groups is 3. The van der Waals surface area contributed by atoms with Crippen molar-refractivity contribution in [3.63, 3.8) is 0 Å². The third-order valence-corrected chi connectivity index (χ3v) is 7.73. The number of benzene rings is 3. The van der Waals surface area contributed by atoms with Gasteiger partial charge < -0.3 is 16.0 Å². The zero-order valence-corrected chi connectivity index (χ0v) is 22.6. The summed E-state index contributed by atoms with van der Waals surface area (Å²) in [6, 6.07) is 23.2. The van der Waals surface area contributed by atoms with Crippen molar-refractivity contribution in [2.45, 2.75) is 11.8 Å². The molecule has 10 nitrogen and oxygen atoms in total. The Morgan fingerprint density at radius 2 is 1.62 bits per heavy atom. The maximum Gasteiger partial charge on any atom is 0.270 e. The Kier molecular flexibility index (Phi) is 8.90. The summed E-state index contributed by atoms with van der Waals surface area (Å²) in [6.07, 6.45) is 0. The number of thiophene rings is 1. The Balaban J connectivity index is 1.38. The second kappa shape index (κ2) is 12.7. The van der Waals surface area contributed by atoms with Crippen LogP contribution in [0.1, 0.15) is 31.2 Å². The molecule has 0 fully saturated rings. The van der Waals surface area contributed by atoms with Crippen LogP contribution in [-0.2, 0) is 4.79 Å². The molecular formula is C28H21N5O5S2. The smallest absolute Gasteiger partial charge is 0.270 e. The summed E-state index contributed by atoms with van der Waals surface area (Å²) < 4.78 is 0. The van der Waals surface area contributed by atoms with Gasteiger partial charge in [-0.25, -0.2) is 0 Å². The van der Waals surface area contributed by atoms with Gasteiger partial charge in [-0.3, -0.25) is 24.5 Å². The van der Waals surface area contributed by atoms with Crippen LogP contribution in [0.15, 0.2) is 83.8 Å². The number of nitro benzene ring substituents is 1. The number of nitrogens with zero attached hydrogens (tertiary/aromatic N) is 2. The zero-order valence-electron chi connectivity index (χ0n) is 21.0. The van der Waals surface area contributed by atoms with Crippen molar-refractivity contribution < 1.29 is 19.3 Å². The highest BCUT2D eigenvalue weighted by molar-refractivity contribution is 8.00. The second-order valence-electron chi connectivity index (χ2n) is 8.32. The highest BCUT2D eigenvalue weighted by Crippen LogP contribution is 2.33. The van der Waals surface area contributed by atoms with Crippen LogP contribution in [0.25, 0.3) is 0 Å². The summed E-state index contributed by atoms with van der Waals surface area (Å²) in [7, 11) is 0. The monoisotopic (exact) mass is 571 g/mol. The quantitative estimate of drug-likeness (QED) is 0.125. The first-order valence-corrected chi connectivity index (χ1v) is 13.5. The first kappa shape index (κ1) is 28.0. The lowest BCUT2D eigenvalue weighted by Crippen LogP contribution is -2.14. The predicted octanol–water partition coefficient (Wildman–Crippen LogP) is 6.07. The van der Waals surface area contributed by atoms with Gasteiger partial charge in [0, 0.05) is 34.0 Å². The van der Waals surface area contributed by atoms with Crippen LogP contribution < -0.4 is 16.0 Å². The van der Waals surface area contributed by atoms with E-state index >= 15 is 0 Å². The van der Waals surface area contributed by atoms with Crippen LogP contribution >= 0.6 is 23.1 Å². The van der Waals surface area contributed by atoms with Gasteiger partial charge in [-0.05, 0) is 48.9 Å². The molecule has 0 unspecified atom stereocenters. The van der Waals surface area contributed by atoms with E-state index in [1.807, 2.05) is 6.07 Å².